The number of aliphatic hydroxyl groups excluding tert-OH is 1. The lowest BCUT2D eigenvalue weighted by Gasteiger charge is -2.21. The number of esters is 4. The quantitative estimate of drug-likeness (QED) is 0.0222. The molecule has 0 aliphatic carbocycles. The zero-order chi connectivity index (χ0) is 73.4. The van der Waals surface area contributed by atoms with Gasteiger partial charge in [0.1, 0.15) is 19.3 Å². The van der Waals surface area contributed by atoms with Crippen LogP contribution in [0.4, 0.5) is 0 Å². The molecule has 2 unspecified atom stereocenters. The molecule has 0 spiro atoms. The highest BCUT2D eigenvalue weighted by Gasteiger charge is 2.30. The van der Waals surface area contributed by atoms with Crippen LogP contribution in [-0.2, 0) is 65.4 Å². The fraction of sp³-hybridized carbons (Fsp3) is 0.951. The molecule has 5 atom stereocenters. The highest BCUT2D eigenvalue weighted by atomic mass is 31.2. The second-order valence-corrected chi connectivity index (χ2v) is 32.5. The van der Waals surface area contributed by atoms with E-state index in [1.54, 1.807) is 0 Å². The summed E-state index contributed by atoms with van der Waals surface area (Å²) in [6, 6.07) is 0. The standard InChI is InChI=1S/C81H158O17P2/c1-6-9-12-15-18-21-23-25-27-28-29-33-36-40-45-50-55-60-65-79(84)92-71-77(98-81(86)67-62-57-52-47-42-38-34-30-32-35-39-44-48-53-58-63-74(4)5)73-96-100(89,90)94-69-75(82)68-93-99(87,88)95-72-76(70-91-78(83)64-59-54-49-43-20-17-14-11-8-3)97-80(85)66-61-56-51-46-41-37-31-26-24-22-19-16-13-10-7-2/h74-77,82H,6-73H2,1-5H3,(H,87,88)(H,89,90)/t75-,76+,77+/m0/s1. The van der Waals surface area contributed by atoms with Crippen LogP contribution in [0.5, 0.6) is 0 Å². The van der Waals surface area contributed by atoms with Gasteiger partial charge in [-0.25, -0.2) is 9.13 Å². The van der Waals surface area contributed by atoms with Crippen molar-refractivity contribution in [2.45, 2.75) is 451 Å². The van der Waals surface area contributed by atoms with Crippen molar-refractivity contribution in [3.8, 4) is 0 Å². The van der Waals surface area contributed by atoms with E-state index < -0.39 is 97.5 Å². The largest absolute Gasteiger partial charge is 0.472 e. The summed E-state index contributed by atoms with van der Waals surface area (Å²) in [5.41, 5.74) is 0. The van der Waals surface area contributed by atoms with Gasteiger partial charge in [-0.15, -0.1) is 0 Å². The van der Waals surface area contributed by atoms with Gasteiger partial charge < -0.3 is 33.8 Å². The van der Waals surface area contributed by atoms with E-state index in [1.807, 2.05) is 0 Å². The molecule has 0 heterocycles. The summed E-state index contributed by atoms with van der Waals surface area (Å²) in [6.45, 7) is 7.35. The molecule has 0 saturated heterocycles. The zero-order valence-electron chi connectivity index (χ0n) is 65.3. The fourth-order valence-electron chi connectivity index (χ4n) is 12.6. The average Bonchev–Trinajstić information content (AvgIpc) is 0.942. The molecule has 0 saturated carbocycles. The molecule has 3 N–H and O–H groups in total. The maximum Gasteiger partial charge on any atom is 0.472 e. The second kappa shape index (κ2) is 73.9. The normalized spacial score (nSPS) is 13.8. The van der Waals surface area contributed by atoms with Crippen molar-refractivity contribution in [1.82, 2.24) is 0 Å². The lowest BCUT2D eigenvalue weighted by molar-refractivity contribution is -0.161. The van der Waals surface area contributed by atoms with Gasteiger partial charge in [-0.3, -0.25) is 37.3 Å². The molecular weight excluding hydrogens is 1310 g/mol. The van der Waals surface area contributed by atoms with Gasteiger partial charge in [0.15, 0.2) is 12.2 Å². The minimum Gasteiger partial charge on any atom is -0.462 e. The topological polar surface area (TPSA) is 237 Å². The van der Waals surface area contributed by atoms with E-state index >= 15 is 0 Å². The van der Waals surface area contributed by atoms with Gasteiger partial charge in [-0.2, -0.15) is 0 Å². The van der Waals surface area contributed by atoms with E-state index in [0.29, 0.717) is 25.7 Å². The molecule has 594 valence electrons. The number of phosphoric acid groups is 2. The van der Waals surface area contributed by atoms with Crippen LogP contribution in [0.1, 0.15) is 433 Å². The smallest absolute Gasteiger partial charge is 0.462 e. The van der Waals surface area contributed by atoms with E-state index in [2.05, 4.69) is 34.6 Å². The van der Waals surface area contributed by atoms with Gasteiger partial charge in [0, 0.05) is 25.7 Å². The van der Waals surface area contributed by atoms with Crippen molar-refractivity contribution in [1.29, 1.82) is 0 Å². The van der Waals surface area contributed by atoms with E-state index in [1.165, 1.54) is 257 Å². The Morgan fingerprint density at radius 2 is 0.460 bits per heavy atom. The van der Waals surface area contributed by atoms with Crippen molar-refractivity contribution < 1.29 is 80.2 Å². The van der Waals surface area contributed by atoms with Crippen LogP contribution < -0.4 is 0 Å². The third-order valence-corrected chi connectivity index (χ3v) is 20.9. The van der Waals surface area contributed by atoms with Gasteiger partial charge in [0.2, 0.25) is 0 Å². The van der Waals surface area contributed by atoms with Crippen LogP contribution in [0.3, 0.4) is 0 Å². The molecule has 0 aromatic rings. The number of carbonyl (C=O) groups is 4. The third-order valence-electron chi connectivity index (χ3n) is 19.0. The van der Waals surface area contributed by atoms with Gasteiger partial charge in [-0.1, -0.05) is 381 Å². The first-order chi connectivity index (χ1) is 48.5. The summed E-state index contributed by atoms with van der Waals surface area (Å²) in [7, 11) is -9.92. The van der Waals surface area contributed by atoms with Crippen LogP contribution >= 0.6 is 15.6 Å². The lowest BCUT2D eigenvalue weighted by atomic mass is 10.0. The number of hydrogen-bond acceptors (Lipinski definition) is 15. The highest BCUT2D eigenvalue weighted by Crippen LogP contribution is 2.45. The highest BCUT2D eigenvalue weighted by molar-refractivity contribution is 7.47. The van der Waals surface area contributed by atoms with Crippen LogP contribution in [0.2, 0.25) is 0 Å². The Morgan fingerprint density at radius 1 is 0.270 bits per heavy atom. The van der Waals surface area contributed by atoms with E-state index in [9.17, 15) is 43.2 Å². The molecule has 0 amide bonds. The summed E-state index contributed by atoms with van der Waals surface area (Å²) in [5.74, 6) is -1.30. The molecule has 0 aromatic heterocycles. The Hall–Kier alpha value is -1.94. The molecule has 0 aliphatic rings. The first-order valence-corrected chi connectivity index (χ1v) is 45.1. The summed E-state index contributed by atoms with van der Waals surface area (Å²) in [4.78, 5) is 73.0. The first kappa shape index (κ1) is 98.1. The Morgan fingerprint density at radius 3 is 0.680 bits per heavy atom. The summed E-state index contributed by atoms with van der Waals surface area (Å²) in [5, 5.41) is 10.6. The number of ether oxygens (including phenoxy) is 4. The van der Waals surface area contributed by atoms with Crippen molar-refractivity contribution in [2.24, 2.45) is 5.92 Å². The molecular formula is C81H158O17P2. The Kier molecular flexibility index (Phi) is 72.5. The number of aliphatic hydroxyl groups is 1. The summed E-state index contributed by atoms with van der Waals surface area (Å²) in [6.07, 6.45) is 65.2. The number of rotatable bonds is 81. The summed E-state index contributed by atoms with van der Waals surface area (Å²) >= 11 is 0. The number of carbonyl (C=O) groups excluding carboxylic acids is 4. The zero-order valence-corrected chi connectivity index (χ0v) is 67.1. The second-order valence-electron chi connectivity index (χ2n) is 29.6. The van der Waals surface area contributed by atoms with Gasteiger partial charge >= 0.3 is 39.5 Å². The minimum atomic E-state index is -4.96. The fourth-order valence-corrected chi connectivity index (χ4v) is 14.2. The number of hydrogen-bond donors (Lipinski definition) is 3. The van der Waals surface area contributed by atoms with Crippen LogP contribution in [0.15, 0.2) is 0 Å². The van der Waals surface area contributed by atoms with Crippen molar-refractivity contribution in [2.75, 3.05) is 39.6 Å². The predicted octanol–water partition coefficient (Wildman–Crippen LogP) is 24.4. The Balaban J connectivity index is 5.22. The SMILES string of the molecule is CCCCCCCCCCCCCCCCCCCCC(=O)OC[C@H](COP(=O)(O)OC[C@@H](O)COP(=O)(O)OC[C@@H](COC(=O)CCCCCCCCCCC)OC(=O)CCCCCCCCCCCCCCCCC)OC(=O)CCCCCCCCCCCCCCCCCC(C)C. The number of unbranched alkanes of at least 4 members (excludes halogenated alkanes) is 53. The minimum absolute atomic E-state index is 0.109. The van der Waals surface area contributed by atoms with Crippen LogP contribution in [-0.4, -0.2) is 96.7 Å². The Labute approximate surface area is 613 Å². The lowest BCUT2D eigenvalue weighted by Crippen LogP contribution is -2.30. The molecule has 100 heavy (non-hydrogen) atoms. The Bertz CT molecular complexity index is 1910. The monoisotopic (exact) mass is 1470 g/mol. The molecule has 0 radical (unpaired) electrons. The van der Waals surface area contributed by atoms with Crippen LogP contribution in [0, 0.1) is 5.92 Å². The molecule has 19 heteroatoms. The molecule has 0 bridgehead atoms. The first-order valence-electron chi connectivity index (χ1n) is 42.1. The van der Waals surface area contributed by atoms with Crippen molar-refractivity contribution in [3.63, 3.8) is 0 Å². The van der Waals surface area contributed by atoms with Gasteiger partial charge in [0.05, 0.1) is 26.4 Å². The van der Waals surface area contributed by atoms with Crippen molar-refractivity contribution in [3.05, 3.63) is 0 Å². The van der Waals surface area contributed by atoms with E-state index in [0.717, 1.165) is 95.8 Å². The molecule has 0 aromatic carbocycles. The van der Waals surface area contributed by atoms with Crippen LogP contribution in [0.25, 0.3) is 0 Å². The third kappa shape index (κ3) is 74.3. The maximum atomic E-state index is 13.1. The van der Waals surface area contributed by atoms with E-state index in [-0.39, 0.29) is 25.7 Å². The van der Waals surface area contributed by atoms with E-state index in [4.69, 9.17) is 37.0 Å². The summed E-state index contributed by atoms with van der Waals surface area (Å²) < 4.78 is 68.7. The predicted molar refractivity (Wildman–Crippen MR) is 409 cm³/mol. The van der Waals surface area contributed by atoms with Crippen molar-refractivity contribution >= 4 is 39.5 Å². The average molecular weight is 1470 g/mol. The maximum absolute atomic E-state index is 13.1. The molecule has 17 nitrogen and oxygen atoms in total. The van der Waals surface area contributed by atoms with Gasteiger partial charge in [-0.05, 0) is 31.6 Å². The number of phosphoric ester groups is 2. The van der Waals surface area contributed by atoms with Gasteiger partial charge in [0.25, 0.3) is 0 Å². The molecule has 0 fully saturated rings. The molecule has 0 rings (SSSR count). The molecule has 0 aliphatic heterocycles.